The van der Waals surface area contributed by atoms with E-state index < -0.39 is 0 Å². The second-order valence-electron chi connectivity index (χ2n) is 6.37. The lowest BCUT2D eigenvalue weighted by Gasteiger charge is -2.27. The van der Waals surface area contributed by atoms with Gasteiger partial charge in [0.1, 0.15) is 0 Å². The zero-order valence-corrected chi connectivity index (χ0v) is 14.6. The molecule has 0 spiro atoms. The van der Waals surface area contributed by atoms with Gasteiger partial charge in [-0.05, 0) is 30.2 Å². The summed E-state index contributed by atoms with van der Waals surface area (Å²) in [4.78, 5) is 15.6. The number of aromatic nitrogens is 2. The van der Waals surface area contributed by atoms with Crippen molar-refractivity contribution >= 4 is 17.4 Å². The summed E-state index contributed by atoms with van der Waals surface area (Å²) in [5.41, 5.74) is 1.04. The highest BCUT2D eigenvalue weighted by Crippen LogP contribution is 2.37. The molecule has 2 heterocycles. The summed E-state index contributed by atoms with van der Waals surface area (Å²) in [5, 5.41) is 9.50. The summed E-state index contributed by atoms with van der Waals surface area (Å²) in [6.07, 6.45) is 8.70. The average Bonchev–Trinajstić information content (AvgIpc) is 3.27. The number of hydrogen-bond acceptors (Lipinski definition) is 3. The van der Waals surface area contributed by atoms with Gasteiger partial charge in [0, 0.05) is 30.7 Å². The van der Waals surface area contributed by atoms with Crippen LogP contribution in [0.15, 0.2) is 29.9 Å². The third-order valence-corrected chi connectivity index (χ3v) is 5.48. The van der Waals surface area contributed by atoms with Gasteiger partial charge in [0.25, 0.3) is 0 Å². The Morgan fingerprint density at radius 2 is 2.30 bits per heavy atom. The fourth-order valence-electron chi connectivity index (χ4n) is 3.32. The van der Waals surface area contributed by atoms with Gasteiger partial charge in [0.05, 0.1) is 18.8 Å². The van der Waals surface area contributed by atoms with Gasteiger partial charge >= 0.3 is 6.03 Å². The minimum Gasteiger partial charge on any atom is -0.330 e. The highest BCUT2D eigenvalue weighted by atomic mass is 32.1. The lowest BCUT2D eigenvalue weighted by atomic mass is 9.97. The van der Waals surface area contributed by atoms with Gasteiger partial charge in [-0.15, -0.1) is 11.3 Å². The quantitative estimate of drug-likeness (QED) is 0.910. The number of amides is 2. The van der Waals surface area contributed by atoms with Crippen molar-refractivity contribution in [2.45, 2.75) is 38.3 Å². The van der Waals surface area contributed by atoms with Crippen molar-refractivity contribution in [1.29, 1.82) is 0 Å². The van der Waals surface area contributed by atoms with Crippen LogP contribution in [-0.2, 0) is 13.6 Å². The number of nitrogens with zero attached hydrogens (tertiary/aromatic N) is 3. The highest BCUT2D eigenvalue weighted by molar-refractivity contribution is 7.10. The molecule has 0 aliphatic heterocycles. The molecule has 1 atom stereocenters. The highest BCUT2D eigenvalue weighted by Gasteiger charge is 2.29. The van der Waals surface area contributed by atoms with E-state index in [9.17, 15) is 4.79 Å². The smallest absolute Gasteiger partial charge is 0.317 e. The third kappa shape index (κ3) is 3.93. The SMILES string of the molecule is CN(Cc1cnn(C)c1)C(=O)N[C@@H](c1cccs1)C1CCCC1. The molecule has 1 fully saturated rings. The van der Waals surface area contributed by atoms with E-state index in [1.807, 2.05) is 20.3 Å². The number of carbonyl (C=O) groups is 1. The first-order chi connectivity index (χ1) is 11.1. The molecule has 2 aromatic heterocycles. The normalized spacial score (nSPS) is 16.4. The molecule has 2 aromatic rings. The van der Waals surface area contributed by atoms with Gasteiger partial charge in [-0.1, -0.05) is 18.9 Å². The lowest BCUT2D eigenvalue weighted by Crippen LogP contribution is -2.40. The van der Waals surface area contributed by atoms with E-state index >= 15 is 0 Å². The number of hydrogen-bond donors (Lipinski definition) is 1. The Balaban J connectivity index is 1.65. The van der Waals surface area contributed by atoms with Crippen LogP contribution in [0.5, 0.6) is 0 Å². The van der Waals surface area contributed by atoms with E-state index in [1.54, 1.807) is 27.1 Å². The van der Waals surface area contributed by atoms with Crippen molar-refractivity contribution in [3.8, 4) is 0 Å². The molecule has 0 saturated heterocycles. The second kappa shape index (κ2) is 7.17. The van der Waals surface area contributed by atoms with Crippen LogP contribution in [0.3, 0.4) is 0 Å². The third-order valence-electron chi connectivity index (χ3n) is 4.52. The van der Waals surface area contributed by atoms with E-state index in [-0.39, 0.29) is 12.1 Å². The molecule has 124 valence electrons. The summed E-state index contributed by atoms with van der Waals surface area (Å²) in [6, 6.07) is 4.32. The Bertz CT molecular complexity index is 631. The van der Waals surface area contributed by atoms with Gasteiger partial charge in [-0.2, -0.15) is 5.10 Å². The maximum absolute atomic E-state index is 12.6. The lowest BCUT2D eigenvalue weighted by molar-refractivity contribution is 0.197. The summed E-state index contributed by atoms with van der Waals surface area (Å²) in [5.74, 6) is 0.560. The van der Waals surface area contributed by atoms with Crippen molar-refractivity contribution in [1.82, 2.24) is 20.0 Å². The Morgan fingerprint density at radius 1 is 1.52 bits per heavy atom. The molecule has 6 heteroatoms. The van der Waals surface area contributed by atoms with Crippen LogP contribution in [0.1, 0.15) is 42.2 Å². The minimum absolute atomic E-state index is 0.0147. The molecule has 3 rings (SSSR count). The molecule has 1 aliphatic carbocycles. The molecule has 1 aliphatic rings. The Morgan fingerprint density at radius 3 is 2.91 bits per heavy atom. The van der Waals surface area contributed by atoms with Crippen LogP contribution >= 0.6 is 11.3 Å². The number of rotatable bonds is 5. The molecule has 1 saturated carbocycles. The fraction of sp³-hybridized carbons (Fsp3) is 0.529. The van der Waals surface area contributed by atoms with E-state index in [0.29, 0.717) is 12.5 Å². The van der Waals surface area contributed by atoms with Crippen LogP contribution in [0.4, 0.5) is 4.79 Å². The summed E-state index contributed by atoms with van der Waals surface area (Å²) in [7, 11) is 3.72. The molecule has 0 bridgehead atoms. The topological polar surface area (TPSA) is 50.2 Å². The number of urea groups is 1. The maximum atomic E-state index is 12.6. The number of aryl methyl sites for hydroxylation is 1. The van der Waals surface area contributed by atoms with Gasteiger partial charge in [-0.3, -0.25) is 4.68 Å². The maximum Gasteiger partial charge on any atom is 0.317 e. The van der Waals surface area contributed by atoms with Crippen molar-refractivity contribution < 1.29 is 4.79 Å². The predicted molar refractivity (Wildman–Crippen MR) is 92.2 cm³/mol. The van der Waals surface area contributed by atoms with Crippen LogP contribution in [-0.4, -0.2) is 27.8 Å². The molecule has 23 heavy (non-hydrogen) atoms. The second-order valence-corrected chi connectivity index (χ2v) is 7.34. The molecule has 0 aromatic carbocycles. The van der Waals surface area contributed by atoms with Crippen molar-refractivity contribution in [2.75, 3.05) is 7.05 Å². The summed E-state index contributed by atoms with van der Waals surface area (Å²) in [6.45, 7) is 0.571. The number of thiophene rings is 1. The van der Waals surface area contributed by atoms with E-state index in [2.05, 4.69) is 27.9 Å². The Kier molecular flexibility index (Phi) is 5.00. The Hall–Kier alpha value is -1.82. The van der Waals surface area contributed by atoms with Crippen LogP contribution in [0, 0.1) is 5.92 Å². The monoisotopic (exact) mass is 332 g/mol. The van der Waals surface area contributed by atoms with Crippen LogP contribution in [0.25, 0.3) is 0 Å². The van der Waals surface area contributed by atoms with Gasteiger partial charge in [-0.25, -0.2) is 4.79 Å². The predicted octanol–water partition coefficient (Wildman–Crippen LogP) is 3.55. The first-order valence-electron chi connectivity index (χ1n) is 8.16. The van der Waals surface area contributed by atoms with E-state index in [0.717, 1.165) is 5.56 Å². The van der Waals surface area contributed by atoms with Crippen molar-refractivity contribution in [3.63, 3.8) is 0 Å². The number of carbonyl (C=O) groups excluding carboxylic acids is 1. The minimum atomic E-state index is -0.0147. The first-order valence-corrected chi connectivity index (χ1v) is 9.04. The van der Waals surface area contributed by atoms with E-state index in [1.165, 1.54) is 30.6 Å². The van der Waals surface area contributed by atoms with Crippen LogP contribution in [0.2, 0.25) is 0 Å². The fourth-order valence-corrected chi connectivity index (χ4v) is 4.19. The Labute approximate surface area is 141 Å². The van der Waals surface area contributed by atoms with Crippen molar-refractivity contribution in [2.24, 2.45) is 13.0 Å². The molecule has 0 radical (unpaired) electrons. The largest absolute Gasteiger partial charge is 0.330 e. The average molecular weight is 332 g/mol. The zero-order chi connectivity index (χ0) is 16.2. The van der Waals surface area contributed by atoms with Gasteiger partial charge in [0.2, 0.25) is 0 Å². The molecule has 5 nitrogen and oxygen atoms in total. The van der Waals surface area contributed by atoms with E-state index in [4.69, 9.17) is 0 Å². The first kappa shape index (κ1) is 16.1. The van der Waals surface area contributed by atoms with Gasteiger partial charge < -0.3 is 10.2 Å². The molecule has 1 N–H and O–H groups in total. The summed E-state index contributed by atoms with van der Waals surface area (Å²) < 4.78 is 1.76. The standard InChI is InChI=1S/C17H24N4OS/c1-20(11-13-10-18-21(2)12-13)17(22)19-16(14-6-3-4-7-14)15-8-5-9-23-15/h5,8-10,12,14,16H,3-4,6-7,11H2,1-2H3,(H,19,22)/t16-/m1/s1. The molecule has 0 unspecified atom stereocenters. The van der Waals surface area contributed by atoms with Crippen molar-refractivity contribution in [3.05, 3.63) is 40.3 Å². The van der Waals surface area contributed by atoms with Crippen LogP contribution < -0.4 is 5.32 Å². The molecular weight excluding hydrogens is 308 g/mol. The molecular formula is C17H24N4OS. The number of nitrogens with one attached hydrogen (secondary N) is 1. The zero-order valence-electron chi connectivity index (χ0n) is 13.7. The van der Waals surface area contributed by atoms with Gasteiger partial charge in [0.15, 0.2) is 0 Å². The summed E-state index contributed by atoms with van der Waals surface area (Å²) >= 11 is 1.73. The molecule has 2 amide bonds.